The molecule has 0 unspecified atom stereocenters. The van der Waals surface area contributed by atoms with Gasteiger partial charge in [-0.3, -0.25) is 0 Å². The van der Waals surface area contributed by atoms with E-state index in [0.29, 0.717) is 19.6 Å². The Bertz CT molecular complexity index is 857. The van der Waals surface area contributed by atoms with Crippen molar-refractivity contribution in [2.24, 2.45) is 4.99 Å². The van der Waals surface area contributed by atoms with Crippen molar-refractivity contribution < 1.29 is 9.53 Å². The van der Waals surface area contributed by atoms with Gasteiger partial charge in [0.25, 0.3) is 0 Å². The molecule has 0 bridgehead atoms. The second-order valence-corrected chi connectivity index (χ2v) is 8.48. The van der Waals surface area contributed by atoms with E-state index in [1.165, 1.54) is 5.56 Å². The molecule has 2 heterocycles. The smallest absolute Gasteiger partial charge is 0.410 e. The predicted molar refractivity (Wildman–Crippen MR) is 133 cm³/mol. The molecule has 0 aliphatic carbocycles. The Morgan fingerprint density at radius 3 is 2.68 bits per heavy atom. The fourth-order valence-electron chi connectivity index (χ4n) is 3.15. The number of imidazole rings is 1. The summed E-state index contributed by atoms with van der Waals surface area (Å²) < 4.78 is 7.45. The molecule has 3 rings (SSSR count). The van der Waals surface area contributed by atoms with Crippen molar-refractivity contribution in [3.05, 3.63) is 54.1 Å². The number of carbonyl (C=O) groups is 1. The Kier molecular flexibility index (Phi) is 9.15. The summed E-state index contributed by atoms with van der Waals surface area (Å²) in [6.07, 6.45) is 5.29. The number of benzene rings is 1. The second kappa shape index (κ2) is 11.4. The molecule has 1 aliphatic rings. The highest BCUT2D eigenvalue weighted by atomic mass is 127. The molecule has 1 saturated heterocycles. The Labute approximate surface area is 201 Å². The molecule has 170 valence electrons. The van der Waals surface area contributed by atoms with Gasteiger partial charge in [0.1, 0.15) is 5.60 Å². The maximum absolute atomic E-state index is 12.1. The van der Waals surface area contributed by atoms with Crippen LogP contribution < -0.4 is 10.6 Å². The van der Waals surface area contributed by atoms with Crippen LogP contribution in [0.3, 0.4) is 0 Å². The number of likely N-dealkylation sites (tertiary alicyclic amines) is 1. The van der Waals surface area contributed by atoms with Crippen LogP contribution in [0.25, 0.3) is 0 Å². The molecule has 1 aromatic heterocycles. The van der Waals surface area contributed by atoms with E-state index >= 15 is 0 Å². The van der Waals surface area contributed by atoms with E-state index in [1.807, 2.05) is 44.8 Å². The normalized spacial score (nSPS) is 14.5. The van der Waals surface area contributed by atoms with Crippen molar-refractivity contribution >= 4 is 36.0 Å². The van der Waals surface area contributed by atoms with Gasteiger partial charge in [-0.25, -0.2) is 14.8 Å². The number of aliphatic imine (C=N–C) groups is 1. The average molecular weight is 540 g/mol. The van der Waals surface area contributed by atoms with Gasteiger partial charge in [-0.2, -0.15) is 0 Å². The number of hydrogen-bond acceptors (Lipinski definition) is 4. The van der Waals surface area contributed by atoms with Crippen LogP contribution in [0.5, 0.6) is 0 Å². The van der Waals surface area contributed by atoms with E-state index in [0.717, 1.165) is 24.6 Å². The molecule has 0 radical (unpaired) electrons. The SMILES string of the molecule is CCNC(=NCc1cccc(Cn2ccnc2)c1)NC1CN(C(=O)OC(C)(C)C)C1.I. The van der Waals surface area contributed by atoms with Crippen LogP contribution >= 0.6 is 24.0 Å². The summed E-state index contributed by atoms with van der Waals surface area (Å²) in [5.74, 6) is 0.756. The topological polar surface area (TPSA) is 83.8 Å². The first-order chi connectivity index (χ1) is 14.3. The van der Waals surface area contributed by atoms with Crippen LogP contribution in [-0.4, -0.2) is 57.8 Å². The number of aromatic nitrogens is 2. The van der Waals surface area contributed by atoms with Crippen LogP contribution in [0.4, 0.5) is 4.79 Å². The van der Waals surface area contributed by atoms with Crippen molar-refractivity contribution in [3.63, 3.8) is 0 Å². The molecular formula is C22H33IN6O2. The summed E-state index contributed by atoms with van der Waals surface area (Å²) in [5, 5.41) is 6.68. The lowest BCUT2D eigenvalue weighted by Gasteiger charge is -2.40. The summed E-state index contributed by atoms with van der Waals surface area (Å²) in [4.78, 5) is 22.6. The molecule has 1 fully saturated rings. The van der Waals surface area contributed by atoms with Crippen LogP contribution in [0.15, 0.2) is 48.0 Å². The molecule has 31 heavy (non-hydrogen) atoms. The highest BCUT2D eigenvalue weighted by Gasteiger charge is 2.34. The van der Waals surface area contributed by atoms with Crippen LogP contribution in [0, 0.1) is 0 Å². The minimum absolute atomic E-state index is 0. The Morgan fingerprint density at radius 1 is 1.29 bits per heavy atom. The number of ether oxygens (including phenoxy) is 1. The molecule has 0 saturated carbocycles. The fourth-order valence-corrected chi connectivity index (χ4v) is 3.15. The van der Waals surface area contributed by atoms with Gasteiger partial charge in [0.15, 0.2) is 5.96 Å². The number of guanidine groups is 1. The van der Waals surface area contributed by atoms with Gasteiger partial charge in [-0.1, -0.05) is 24.3 Å². The van der Waals surface area contributed by atoms with Gasteiger partial charge in [0, 0.05) is 38.6 Å². The zero-order chi connectivity index (χ0) is 21.6. The number of hydrogen-bond donors (Lipinski definition) is 2. The largest absolute Gasteiger partial charge is 0.444 e. The van der Waals surface area contributed by atoms with Gasteiger partial charge >= 0.3 is 6.09 Å². The third-order valence-corrected chi connectivity index (χ3v) is 4.55. The molecule has 2 aromatic rings. The zero-order valence-electron chi connectivity index (χ0n) is 18.7. The number of amides is 1. The second-order valence-electron chi connectivity index (χ2n) is 8.48. The molecule has 2 N–H and O–H groups in total. The Morgan fingerprint density at radius 2 is 2.03 bits per heavy atom. The van der Waals surface area contributed by atoms with Gasteiger partial charge in [0.2, 0.25) is 0 Å². The van der Waals surface area contributed by atoms with E-state index in [4.69, 9.17) is 9.73 Å². The van der Waals surface area contributed by atoms with Crippen molar-refractivity contribution in [1.29, 1.82) is 0 Å². The number of rotatable bonds is 6. The van der Waals surface area contributed by atoms with E-state index in [9.17, 15) is 4.79 Å². The van der Waals surface area contributed by atoms with Gasteiger partial charge < -0.3 is 24.8 Å². The van der Waals surface area contributed by atoms with Crippen molar-refractivity contribution in [3.8, 4) is 0 Å². The summed E-state index contributed by atoms with van der Waals surface area (Å²) in [7, 11) is 0. The quantitative estimate of drug-likeness (QED) is 0.334. The number of nitrogens with zero attached hydrogens (tertiary/aromatic N) is 4. The number of halogens is 1. The number of nitrogens with one attached hydrogen (secondary N) is 2. The van der Waals surface area contributed by atoms with Crippen molar-refractivity contribution in [2.45, 2.75) is 52.4 Å². The summed E-state index contributed by atoms with van der Waals surface area (Å²) in [6.45, 7) is 11.0. The third kappa shape index (κ3) is 8.04. The minimum Gasteiger partial charge on any atom is -0.444 e. The summed E-state index contributed by atoms with van der Waals surface area (Å²) >= 11 is 0. The first-order valence-electron chi connectivity index (χ1n) is 10.4. The van der Waals surface area contributed by atoms with E-state index in [1.54, 1.807) is 11.1 Å². The molecular weight excluding hydrogens is 507 g/mol. The lowest BCUT2D eigenvalue weighted by atomic mass is 10.1. The first kappa shape index (κ1) is 25.0. The molecule has 1 amide bonds. The van der Waals surface area contributed by atoms with Crippen LogP contribution in [0.2, 0.25) is 0 Å². The molecule has 0 atom stereocenters. The zero-order valence-corrected chi connectivity index (χ0v) is 21.0. The lowest BCUT2D eigenvalue weighted by Crippen LogP contribution is -2.63. The maximum atomic E-state index is 12.1. The van der Waals surface area contributed by atoms with Gasteiger partial charge in [-0.05, 0) is 38.8 Å². The highest BCUT2D eigenvalue weighted by Crippen LogP contribution is 2.15. The Hall–Kier alpha value is -2.30. The highest BCUT2D eigenvalue weighted by molar-refractivity contribution is 14.0. The standard InChI is InChI=1S/C22H32N6O2.HI/c1-5-24-20(26-19-14-28(15-19)21(29)30-22(2,3)4)25-12-17-7-6-8-18(11-17)13-27-10-9-23-16-27;/h6-11,16,19H,5,12-15H2,1-4H3,(H2,24,25,26);1H. The summed E-state index contributed by atoms with van der Waals surface area (Å²) in [5.41, 5.74) is 1.89. The lowest BCUT2D eigenvalue weighted by molar-refractivity contribution is 0.00701. The van der Waals surface area contributed by atoms with Gasteiger partial charge in [0.05, 0.1) is 18.9 Å². The van der Waals surface area contributed by atoms with Crippen molar-refractivity contribution in [1.82, 2.24) is 25.1 Å². The minimum atomic E-state index is -0.474. The number of carbonyl (C=O) groups excluding carboxylic acids is 1. The fraction of sp³-hybridized carbons (Fsp3) is 0.500. The van der Waals surface area contributed by atoms with E-state index in [2.05, 4.69) is 39.9 Å². The Balaban J connectivity index is 0.00000341. The third-order valence-electron chi connectivity index (χ3n) is 4.55. The molecule has 8 nitrogen and oxygen atoms in total. The van der Waals surface area contributed by atoms with Crippen molar-refractivity contribution in [2.75, 3.05) is 19.6 Å². The molecule has 0 spiro atoms. The molecule has 1 aromatic carbocycles. The predicted octanol–water partition coefficient (Wildman–Crippen LogP) is 3.22. The summed E-state index contributed by atoms with van der Waals surface area (Å²) in [6, 6.07) is 8.58. The van der Waals surface area contributed by atoms with E-state index in [-0.39, 0.29) is 36.1 Å². The molecule has 1 aliphatic heterocycles. The van der Waals surface area contributed by atoms with Crippen LogP contribution in [0.1, 0.15) is 38.8 Å². The maximum Gasteiger partial charge on any atom is 0.410 e. The first-order valence-corrected chi connectivity index (χ1v) is 10.4. The monoisotopic (exact) mass is 540 g/mol. The molecule has 9 heteroatoms. The van der Waals surface area contributed by atoms with E-state index < -0.39 is 5.60 Å². The average Bonchev–Trinajstić information content (AvgIpc) is 3.14. The van der Waals surface area contributed by atoms with Crippen LogP contribution in [-0.2, 0) is 17.8 Å². The van der Waals surface area contributed by atoms with Gasteiger partial charge in [-0.15, -0.1) is 24.0 Å².